The molecule has 1 N–H and O–H groups in total. The average Bonchev–Trinajstić information content (AvgIpc) is 2.90. The zero-order chi connectivity index (χ0) is 14.5. The predicted octanol–water partition coefficient (Wildman–Crippen LogP) is 5.82. The second-order valence-corrected chi connectivity index (χ2v) is 7.23. The lowest BCUT2D eigenvalue weighted by Crippen LogP contribution is -2.22. The van der Waals surface area contributed by atoms with Crippen molar-refractivity contribution in [1.29, 1.82) is 0 Å². The Morgan fingerprint density at radius 3 is 2.65 bits per heavy atom. The molecule has 0 radical (unpaired) electrons. The Bertz CT molecular complexity index is 567. The van der Waals surface area contributed by atoms with Crippen molar-refractivity contribution in [2.45, 2.75) is 32.7 Å². The molecular weight excluding hydrogens is 354 g/mol. The molecule has 0 bridgehead atoms. The Kier molecular flexibility index (Phi) is 6.09. The van der Waals surface area contributed by atoms with Crippen LogP contribution in [0, 0.1) is 0 Å². The molecule has 0 spiro atoms. The molecule has 20 heavy (non-hydrogen) atoms. The number of rotatable bonds is 6. The van der Waals surface area contributed by atoms with Crippen molar-refractivity contribution >= 4 is 38.9 Å². The van der Waals surface area contributed by atoms with E-state index in [1.54, 1.807) is 0 Å². The first-order chi connectivity index (χ1) is 9.65. The van der Waals surface area contributed by atoms with Crippen molar-refractivity contribution in [3.8, 4) is 0 Å². The lowest BCUT2D eigenvalue weighted by Gasteiger charge is -2.19. The van der Waals surface area contributed by atoms with Crippen LogP contribution in [0.4, 0.5) is 0 Å². The number of halogens is 2. The second kappa shape index (κ2) is 7.60. The first-order valence-electron chi connectivity index (χ1n) is 6.92. The molecule has 0 aliphatic rings. The maximum Gasteiger partial charge on any atom is 0.0685 e. The minimum absolute atomic E-state index is 0.181. The third-order valence-electron chi connectivity index (χ3n) is 3.19. The van der Waals surface area contributed by atoms with Gasteiger partial charge in [0.1, 0.15) is 0 Å². The van der Waals surface area contributed by atoms with Gasteiger partial charge >= 0.3 is 0 Å². The van der Waals surface area contributed by atoms with Crippen molar-refractivity contribution in [3.63, 3.8) is 0 Å². The topological polar surface area (TPSA) is 12.0 Å². The molecular formula is C16H19BrClNS. The molecule has 1 unspecified atom stereocenters. The second-order valence-electron chi connectivity index (χ2n) is 4.71. The molecule has 0 amide bonds. The van der Waals surface area contributed by atoms with E-state index in [1.165, 1.54) is 9.75 Å². The van der Waals surface area contributed by atoms with Crippen LogP contribution in [-0.4, -0.2) is 6.54 Å². The number of hydrogen-bond donors (Lipinski definition) is 1. The zero-order valence-corrected chi connectivity index (χ0v) is 14.9. The molecule has 0 saturated carbocycles. The van der Waals surface area contributed by atoms with Crippen molar-refractivity contribution in [2.24, 2.45) is 0 Å². The van der Waals surface area contributed by atoms with Gasteiger partial charge in [0.25, 0.3) is 0 Å². The summed E-state index contributed by atoms with van der Waals surface area (Å²) in [5.74, 6) is 0. The molecule has 1 aromatic heterocycles. The van der Waals surface area contributed by atoms with E-state index in [0.29, 0.717) is 0 Å². The Balaban J connectivity index is 2.35. The summed E-state index contributed by atoms with van der Waals surface area (Å²) < 4.78 is 1.01. The lowest BCUT2D eigenvalue weighted by atomic mass is 10.1. The van der Waals surface area contributed by atoms with E-state index in [4.69, 9.17) is 11.6 Å². The summed E-state index contributed by atoms with van der Waals surface area (Å²) in [6.45, 7) is 5.35. The van der Waals surface area contributed by atoms with Crippen LogP contribution in [0.1, 0.15) is 41.6 Å². The third-order valence-corrected chi connectivity index (χ3v) is 5.30. The fourth-order valence-corrected chi connectivity index (χ4v) is 3.96. The minimum atomic E-state index is 0.181. The van der Waals surface area contributed by atoms with Crippen LogP contribution < -0.4 is 5.32 Å². The molecule has 1 heterocycles. The Labute approximate surface area is 138 Å². The van der Waals surface area contributed by atoms with Gasteiger partial charge in [0.15, 0.2) is 0 Å². The summed E-state index contributed by atoms with van der Waals surface area (Å²) in [6, 6.07) is 10.7. The average molecular weight is 373 g/mol. The molecule has 0 aliphatic heterocycles. The Morgan fingerprint density at radius 2 is 2.05 bits per heavy atom. The van der Waals surface area contributed by atoms with E-state index >= 15 is 0 Å². The zero-order valence-electron chi connectivity index (χ0n) is 11.7. The molecule has 2 rings (SSSR count). The van der Waals surface area contributed by atoms with Crippen LogP contribution in [-0.2, 0) is 6.42 Å². The summed E-state index contributed by atoms with van der Waals surface area (Å²) in [5, 5.41) is 4.42. The van der Waals surface area contributed by atoms with Gasteiger partial charge in [-0.25, -0.2) is 0 Å². The molecule has 4 heteroatoms. The molecule has 2 aromatic rings. The van der Waals surface area contributed by atoms with Gasteiger partial charge in [0, 0.05) is 19.2 Å². The van der Waals surface area contributed by atoms with Gasteiger partial charge in [-0.3, -0.25) is 0 Å². The highest BCUT2D eigenvalue weighted by Gasteiger charge is 2.18. The maximum atomic E-state index is 6.43. The number of hydrogen-bond acceptors (Lipinski definition) is 2. The first kappa shape index (κ1) is 16.0. The van der Waals surface area contributed by atoms with Crippen molar-refractivity contribution in [1.82, 2.24) is 5.32 Å². The molecule has 1 atom stereocenters. The number of benzene rings is 1. The highest BCUT2D eigenvalue weighted by atomic mass is 79.9. The van der Waals surface area contributed by atoms with Crippen LogP contribution in [0.5, 0.6) is 0 Å². The molecule has 0 fully saturated rings. The highest BCUT2D eigenvalue weighted by molar-refractivity contribution is 9.10. The molecule has 1 aromatic carbocycles. The van der Waals surface area contributed by atoms with Crippen LogP contribution in [0.3, 0.4) is 0 Å². The van der Waals surface area contributed by atoms with Crippen LogP contribution in [0.25, 0.3) is 0 Å². The van der Waals surface area contributed by atoms with E-state index in [1.807, 2.05) is 17.4 Å². The van der Waals surface area contributed by atoms with Crippen LogP contribution in [0.2, 0.25) is 5.02 Å². The first-order valence-corrected chi connectivity index (χ1v) is 8.91. The molecule has 0 saturated heterocycles. The smallest absolute Gasteiger partial charge is 0.0685 e. The summed E-state index contributed by atoms with van der Waals surface area (Å²) in [5.41, 5.74) is 1.15. The quantitative estimate of drug-likeness (QED) is 0.674. The minimum Gasteiger partial charge on any atom is -0.306 e. The normalized spacial score (nSPS) is 12.6. The van der Waals surface area contributed by atoms with E-state index < -0.39 is 0 Å². The molecule has 0 aliphatic carbocycles. The summed E-state index contributed by atoms with van der Waals surface area (Å²) in [6.07, 6.45) is 2.19. The van der Waals surface area contributed by atoms with Crippen molar-refractivity contribution < 1.29 is 0 Å². The van der Waals surface area contributed by atoms with Gasteiger partial charge in [-0.05, 0) is 49.2 Å². The van der Waals surface area contributed by atoms with E-state index in [-0.39, 0.29) is 6.04 Å². The van der Waals surface area contributed by atoms with Crippen LogP contribution >= 0.6 is 38.9 Å². The van der Waals surface area contributed by atoms with Gasteiger partial charge in [-0.15, -0.1) is 11.3 Å². The third kappa shape index (κ3) is 3.85. The van der Waals surface area contributed by atoms with Gasteiger partial charge < -0.3 is 5.32 Å². The lowest BCUT2D eigenvalue weighted by molar-refractivity contribution is 0.606. The number of aryl methyl sites for hydroxylation is 1. The van der Waals surface area contributed by atoms with Gasteiger partial charge in [-0.2, -0.15) is 0 Å². The SMILES string of the molecule is CCCNC(c1ccc(CC)s1)c1ccc(Br)cc1Cl. The maximum absolute atomic E-state index is 6.43. The van der Waals surface area contributed by atoms with Gasteiger partial charge in [0.2, 0.25) is 0 Å². The molecule has 108 valence electrons. The predicted molar refractivity (Wildman–Crippen MR) is 93.0 cm³/mol. The van der Waals surface area contributed by atoms with Crippen molar-refractivity contribution in [2.75, 3.05) is 6.54 Å². The van der Waals surface area contributed by atoms with Gasteiger partial charge in [-0.1, -0.05) is 47.4 Å². The summed E-state index contributed by atoms with van der Waals surface area (Å²) >= 11 is 11.8. The van der Waals surface area contributed by atoms with E-state index in [2.05, 4.69) is 59.4 Å². The number of thiophene rings is 1. The largest absolute Gasteiger partial charge is 0.306 e. The molecule has 1 nitrogen and oxygen atoms in total. The summed E-state index contributed by atoms with van der Waals surface area (Å²) in [4.78, 5) is 2.75. The fraction of sp³-hybridized carbons (Fsp3) is 0.375. The van der Waals surface area contributed by atoms with Crippen molar-refractivity contribution in [3.05, 3.63) is 55.1 Å². The monoisotopic (exact) mass is 371 g/mol. The Hall–Kier alpha value is -0.350. The Morgan fingerprint density at radius 1 is 1.25 bits per heavy atom. The highest BCUT2D eigenvalue weighted by Crippen LogP contribution is 2.34. The standard InChI is InChI=1S/C16H19BrClNS/c1-3-9-19-16(15-8-6-12(4-2)20-15)13-7-5-11(17)10-14(13)18/h5-8,10,16,19H,3-4,9H2,1-2H3. The van der Waals surface area contributed by atoms with Gasteiger partial charge in [0.05, 0.1) is 6.04 Å². The number of nitrogens with one attached hydrogen (secondary N) is 1. The van der Waals surface area contributed by atoms with E-state index in [9.17, 15) is 0 Å². The van der Waals surface area contributed by atoms with E-state index in [0.717, 1.165) is 34.4 Å². The van der Waals surface area contributed by atoms with Crippen LogP contribution in [0.15, 0.2) is 34.8 Å². The fourth-order valence-electron chi connectivity index (χ4n) is 2.13. The summed E-state index contributed by atoms with van der Waals surface area (Å²) in [7, 11) is 0.